The number of halogens is 1. The molecule has 1 aromatic rings. The molecule has 0 spiro atoms. The van der Waals surface area contributed by atoms with Crippen LogP contribution in [0.1, 0.15) is 21.5 Å². The fourth-order valence-electron chi connectivity index (χ4n) is 0.938. The lowest BCUT2D eigenvalue weighted by Crippen LogP contribution is -2.24. The van der Waals surface area contributed by atoms with Gasteiger partial charge >= 0.3 is 0 Å². The van der Waals surface area contributed by atoms with Gasteiger partial charge in [0, 0.05) is 16.8 Å². The van der Waals surface area contributed by atoms with Crippen LogP contribution in [0.5, 0.6) is 0 Å². The van der Waals surface area contributed by atoms with Crippen LogP contribution in [0, 0.1) is 0 Å². The lowest BCUT2D eigenvalue weighted by atomic mass is 10.3. The summed E-state index contributed by atoms with van der Waals surface area (Å²) in [4.78, 5) is 13.5. The Bertz CT molecular complexity index is 285. The van der Waals surface area contributed by atoms with E-state index in [1.54, 1.807) is 11.3 Å². The number of hydrogen-bond donors (Lipinski definition) is 1. The first-order valence-electron chi connectivity index (χ1n) is 4.20. The van der Waals surface area contributed by atoms with E-state index in [0.29, 0.717) is 6.54 Å². The van der Waals surface area contributed by atoms with E-state index in [1.807, 2.05) is 12.1 Å². The van der Waals surface area contributed by atoms with Gasteiger partial charge in [-0.25, -0.2) is 0 Å². The van der Waals surface area contributed by atoms with Crippen LogP contribution in [0.2, 0.25) is 0 Å². The Morgan fingerprint density at radius 2 is 2.38 bits per heavy atom. The quantitative estimate of drug-likeness (QED) is 0.829. The zero-order valence-electron chi connectivity index (χ0n) is 7.47. The third kappa shape index (κ3) is 3.12. The van der Waals surface area contributed by atoms with Gasteiger partial charge in [-0.05, 0) is 18.6 Å². The van der Waals surface area contributed by atoms with Crippen molar-refractivity contribution in [1.82, 2.24) is 5.32 Å². The Labute approximate surface area is 90.5 Å². The molecule has 0 bridgehead atoms. The molecule has 0 unspecified atom stereocenters. The van der Waals surface area contributed by atoms with Crippen molar-refractivity contribution in [3.63, 3.8) is 0 Å². The summed E-state index contributed by atoms with van der Waals surface area (Å²) in [7, 11) is 0. The van der Waals surface area contributed by atoms with Gasteiger partial charge in [0.05, 0.1) is 4.88 Å². The molecule has 0 aliphatic rings. The highest BCUT2D eigenvalue weighted by atomic mass is 79.9. The Morgan fingerprint density at radius 1 is 1.62 bits per heavy atom. The maximum Gasteiger partial charge on any atom is 0.261 e. The van der Waals surface area contributed by atoms with Crippen molar-refractivity contribution in [3.8, 4) is 0 Å². The van der Waals surface area contributed by atoms with Crippen LogP contribution in [-0.2, 0) is 6.42 Å². The van der Waals surface area contributed by atoms with Crippen molar-refractivity contribution >= 4 is 33.2 Å². The van der Waals surface area contributed by atoms with Gasteiger partial charge in [-0.3, -0.25) is 4.79 Å². The molecule has 1 N–H and O–H groups in total. The van der Waals surface area contributed by atoms with Crippen molar-refractivity contribution in [2.24, 2.45) is 0 Å². The lowest BCUT2D eigenvalue weighted by Gasteiger charge is -1.98. The van der Waals surface area contributed by atoms with E-state index in [2.05, 4.69) is 28.2 Å². The maximum atomic E-state index is 11.4. The average Bonchev–Trinajstić information content (AvgIpc) is 2.62. The van der Waals surface area contributed by atoms with Gasteiger partial charge < -0.3 is 5.32 Å². The van der Waals surface area contributed by atoms with Crippen LogP contribution in [0.4, 0.5) is 0 Å². The average molecular weight is 262 g/mol. The normalized spacial score (nSPS) is 10.0. The van der Waals surface area contributed by atoms with E-state index >= 15 is 0 Å². The van der Waals surface area contributed by atoms with E-state index in [-0.39, 0.29) is 5.91 Å². The molecule has 1 rings (SSSR count). The topological polar surface area (TPSA) is 29.1 Å². The van der Waals surface area contributed by atoms with Crippen molar-refractivity contribution in [2.45, 2.75) is 13.3 Å². The Morgan fingerprint density at radius 3 is 2.92 bits per heavy atom. The maximum absolute atomic E-state index is 11.4. The second-order valence-electron chi connectivity index (χ2n) is 2.56. The second-order valence-corrected chi connectivity index (χ2v) is 4.53. The summed E-state index contributed by atoms with van der Waals surface area (Å²) < 4.78 is 0. The van der Waals surface area contributed by atoms with Crippen LogP contribution >= 0.6 is 27.3 Å². The van der Waals surface area contributed by atoms with Crippen molar-refractivity contribution < 1.29 is 4.79 Å². The number of carbonyl (C=O) groups is 1. The summed E-state index contributed by atoms with van der Waals surface area (Å²) in [6.45, 7) is 2.77. The predicted octanol–water partition coefficient (Wildman–Crippen LogP) is 2.44. The van der Waals surface area contributed by atoms with Crippen LogP contribution in [-0.4, -0.2) is 17.8 Å². The first-order valence-corrected chi connectivity index (χ1v) is 6.14. The zero-order valence-corrected chi connectivity index (χ0v) is 9.87. The number of hydrogen-bond acceptors (Lipinski definition) is 2. The first-order chi connectivity index (χ1) is 6.27. The standard InChI is InChI=1S/C9H12BrNOS/c1-2-7-3-4-8(13-7)9(12)11-6-5-10/h3-4H,2,5-6H2,1H3,(H,11,12). The summed E-state index contributed by atoms with van der Waals surface area (Å²) in [6, 6.07) is 3.89. The Kier molecular flexibility index (Phi) is 4.45. The summed E-state index contributed by atoms with van der Waals surface area (Å²) in [5.41, 5.74) is 0. The van der Waals surface area contributed by atoms with Crippen molar-refractivity contribution in [3.05, 3.63) is 21.9 Å². The molecule has 1 heterocycles. The molecule has 72 valence electrons. The van der Waals surface area contributed by atoms with Gasteiger partial charge in [-0.1, -0.05) is 22.9 Å². The van der Waals surface area contributed by atoms with Crippen LogP contribution in [0.25, 0.3) is 0 Å². The molecule has 0 atom stereocenters. The number of alkyl halides is 1. The van der Waals surface area contributed by atoms with E-state index in [4.69, 9.17) is 0 Å². The highest BCUT2D eigenvalue weighted by Crippen LogP contribution is 2.16. The number of nitrogens with one attached hydrogen (secondary N) is 1. The summed E-state index contributed by atoms with van der Waals surface area (Å²) in [6.07, 6.45) is 0.996. The van der Waals surface area contributed by atoms with Crippen molar-refractivity contribution in [1.29, 1.82) is 0 Å². The first kappa shape index (κ1) is 10.7. The van der Waals surface area contributed by atoms with Gasteiger partial charge in [-0.15, -0.1) is 11.3 Å². The molecule has 0 saturated carbocycles. The second kappa shape index (κ2) is 5.40. The van der Waals surface area contributed by atoms with Gasteiger partial charge in [0.1, 0.15) is 0 Å². The van der Waals surface area contributed by atoms with Crippen LogP contribution in [0.3, 0.4) is 0 Å². The van der Waals surface area contributed by atoms with E-state index < -0.39 is 0 Å². The third-order valence-electron chi connectivity index (χ3n) is 1.61. The largest absolute Gasteiger partial charge is 0.351 e. The van der Waals surface area contributed by atoms with Gasteiger partial charge in [-0.2, -0.15) is 0 Å². The number of aryl methyl sites for hydroxylation is 1. The molecule has 1 amide bonds. The molecule has 0 aromatic carbocycles. The smallest absolute Gasteiger partial charge is 0.261 e. The minimum absolute atomic E-state index is 0.0316. The molecular formula is C9H12BrNOS. The highest BCUT2D eigenvalue weighted by molar-refractivity contribution is 9.09. The van der Waals surface area contributed by atoms with Gasteiger partial charge in [0.15, 0.2) is 0 Å². The van der Waals surface area contributed by atoms with E-state index in [0.717, 1.165) is 16.6 Å². The molecular weight excluding hydrogens is 250 g/mol. The van der Waals surface area contributed by atoms with E-state index in [9.17, 15) is 4.79 Å². The van der Waals surface area contributed by atoms with Crippen molar-refractivity contribution in [2.75, 3.05) is 11.9 Å². The molecule has 1 aromatic heterocycles. The number of rotatable bonds is 4. The molecule has 0 saturated heterocycles. The van der Waals surface area contributed by atoms with Crippen LogP contribution < -0.4 is 5.32 Å². The highest BCUT2D eigenvalue weighted by Gasteiger charge is 2.06. The monoisotopic (exact) mass is 261 g/mol. The minimum atomic E-state index is 0.0316. The fraction of sp³-hybridized carbons (Fsp3) is 0.444. The molecule has 4 heteroatoms. The minimum Gasteiger partial charge on any atom is -0.351 e. The SMILES string of the molecule is CCc1ccc(C(=O)NCCBr)s1. The number of thiophene rings is 1. The summed E-state index contributed by atoms with van der Waals surface area (Å²) in [5, 5.41) is 3.61. The molecule has 13 heavy (non-hydrogen) atoms. The number of carbonyl (C=O) groups excluding carboxylic acids is 1. The third-order valence-corrected chi connectivity index (χ3v) is 3.24. The molecule has 0 aliphatic heterocycles. The molecule has 0 fully saturated rings. The van der Waals surface area contributed by atoms with Gasteiger partial charge in [0.25, 0.3) is 5.91 Å². The molecule has 0 aliphatic carbocycles. The number of amides is 1. The van der Waals surface area contributed by atoms with E-state index in [1.165, 1.54) is 4.88 Å². The van der Waals surface area contributed by atoms with Gasteiger partial charge in [0.2, 0.25) is 0 Å². The summed E-state index contributed by atoms with van der Waals surface area (Å²) in [5.74, 6) is 0.0316. The molecule has 0 radical (unpaired) electrons. The Balaban J connectivity index is 2.55. The van der Waals surface area contributed by atoms with Crippen LogP contribution in [0.15, 0.2) is 12.1 Å². The lowest BCUT2D eigenvalue weighted by molar-refractivity contribution is 0.0960. The zero-order chi connectivity index (χ0) is 9.68. The Hall–Kier alpha value is -0.350. The fourth-order valence-corrected chi connectivity index (χ4v) is 2.00. The predicted molar refractivity (Wildman–Crippen MR) is 59.8 cm³/mol. The summed E-state index contributed by atoms with van der Waals surface area (Å²) >= 11 is 4.82. The molecule has 2 nitrogen and oxygen atoms in total.